The average Bonchev–Trinajstić information content (AvgIpc) is 2.85. The molecule has 0 unspecified atom stereocenters. The molecule has 9 nitrogen and oxygen atoms in total. The van der Waals surface area contributed by atoms with E-state index >= 15 is 0 Å². The minimum atomic E-state index is -0.250. The third-order valence-corrected chi connectivity index (χ3v) is 5.90. The first-order valence-electron chi connectivity index (χ1n) is 11.1. The van der Waals surface area contributed by atoms with Gasteiger partial charge in [0.15, 0.2) is 0 Å². The van der Waals surface area contributed by atoms with Crippen LogP contribution in [-0.4, -0.2) is 46.2 Å². The molecule has 1 aromatic carbocycles. The lowest BCUT2D eigenvalue weighted by Crippen LogP contribution is -2.32. The zero-order chi connectivity index (χ0) is 24.1. The van der Waals surface area contributed by atoms with Gasteiger partial charge in [-0.25, -0.2) is 19.3 Å². The number of rotatable bonds is 4. The second kappa shape index (κ2) is 10.3. The van der Waals surface area contributed by atoms with Gasteiger partial charge in [-0.2, -0.15) is 0 Å². The molecule has 2 aromatic heterocycles. The minimum Gasteiger partial charge on any atom is -0.483 e. The van der Waals surface area contributed by atoms with Crippen molar-refractivity contribution in [2.24, 2.45) is 0 Å². The van der Waals surface area contributed by atoms with E-state index in [9.17, 15) is 4.39 Å². The maximum absolute atomic E-state index is 14.1. The number of nitrogens with one attached hydrogen (secondary N) is 2. The molecule has 0 amide bonds. The van der Waals surface area contributed by atoms with Gasteiger partial charge in [-0.3, -0.25) is 4.79 Å². The molecule has 0 radical (unpaired) electrons. The monoisotopic (exact) mass is 466 g/mol. The van der Waals surface area contributed by atoms with Crippen LogP contribution in [0.3, 0.4) is 0 Å². The van der Waals surface area contributed by atoms with Crippen molar-refractivity contribution in [1.29, 1.82) is 0 Å². The number of carbonyl (C=O) groups is 1. The molecule has 2 aliphatic heterocycles. The first kappa shape index (κ1) is 23.2. The largest absolute Gasteiger partial charge is 0.483 e. The van der Waals surface area contributed by atoms with E-state index in [-0.39, 0.29) is 12.3 Å². The highest BCUT2D eigenvalue weighted by atomic mass is 19.1. The van der Waals surface area contributed by atoms with Crippen molar-refractivity contribution >= 4 is 29.5 Å². The number of hydrogen-bond donors (Lipinski definition) is 3. The van der Waals surface area contributed by atoms with Gasteiger partial charge in [0.05, 0.1) is 24.1 Å². The molecule has 0 bridgehead atoms. The number of carboxylic acid groups (broad SMARTS) is 1. The molecule has 3 aromatic rings. The lowest BCUT2D eigenvalue weighted by Gasteiger charge is -2.32. The van der Waals surface area contributed by atoms with E-state index in [1.807, 2.05) is 25.4 Å². The summed E-state index contributed by atoms with van der Waals surface area (Å²) in [6.07, 6.45) is 5.27. The zero-order valence-electron chi connectivity index (χ0n) is 19.1. The van der Waals surface area contributed by atoms with E-state index in [1.54, 1.807) is 6.07 Å². The molecule has 10 heteroatoms. The molecule has 5 rings (SSSR count). The smallest absolute Gasteiger partial charge is 0.290 e. The molecule has 4 heterocycles. The fourth-order valence-corrected chi connectivity index (χ4v) is 4.14. The Balaban J connectivity index is 0.000000868. The van der Waals surface area contributed by atoms with Crippen LogP contribution in [0.5, 0.6) is 5.88 Å². The van der Waals surface area contributed by atoms with Gasteiger partial charge in [0.2, 0.25) is 11.8 Å². The van der Waals surface area contributed by atoms with Crippen LogP contribution in [0, 0.1) is 12.7 Å². The van der Waals surface area contributed by atoms with Gasteiger partial charge in [-0.1, -0.05) is 13.0 Å². The summed E-state index contributed by atoms with van der Waals surface area (Å²) in [7, 11) is 0. The standard InChI is InChI=1S/C23H25FN6O.CH2O2/c1-3-15-4-5-17(10-18(15)24)28-23-27-11-16-6-8-30(13-19(16)29-23)20-12-26-22-21(14(20)2)25-7-9-31-22;2-1-3/h4-5,10-12,25H,3,6-9,13H2,1-2H3,(H,27,28,29);1H,(H,2,3). The van der Waals surface area contributed by atoms with Crippen molar-refractivity contribution in [3.63, 3.8) is 0 Å². The van der Waals surface area contributed by atoms with Crippen LogP contribution in [-0.2, 0) is 24.2 Å². The summed E-state index contributed by atoms with van der Waals surface area (Å²) in [5.74, 6) is 0.921. The summed E-state index contributed by atoms with van der Waals surface area (Å²) in [5.41, 5.74) is 6.62. The van der Waals surface area contributed by atoms with E-state index < -0.39 is 0 Å². The number of benzene rings is 1. The van der Waals surface area contributed by atoms with Crippen LogP contribution < -0.4 is 20.3 Å². The molecule has 0 fully saturated rings. The van der Waals surface area contributed by atoms with E-state index in [0.29, 0.717) is 42.7 Å². The van der Waals surface area contributed by atoms with Crippen LogP contribution in [0.2, 0.25) is 0 Å². The summed E-state index contributed by atoms with van der Waals surface area (Å²) >= 11 is 0. The summed E-state index contributed by atoms with van der Waals surface area (Å²) in [5, 5.41) is 13.4. The van der Waals surface area contributed by atoms with Crippen molar-refractivity contribution in [2.75, 3.05) is 35.2 Å². The van der Waals surface area contributed by atoms with Crippen molar-refractivity contribution < 1.29 is 19.0 Å². The van der Waals surface area contributed by atoms with Crippen molar-refractivity contribution in [2.45, 2.75) is 33.2 Å². The molecule has 0 aliphatic carbocycles. The Labute approximate surface area is 197 Å². The molecule has 0 saturated carbocycles. The Hall–Kier alpha value is -3.95. The van der Waals surface area contributed by atoms with E-state index in [4.69, 9.17) is 19.6 Å². The molecule has 0 spiro atoms. The highest BCUT2D eigenvalue weighted by molar-refractivity contribution is 5.70. The second-order valence-corrected chi connectivity index (χ2v) is 7.95. The van der Waals surface area contributed by atoms with Crippen molar-refractivity contribution in [3.05, 3.63) is 58.8 Å². The third kappa shape index (κ3) is 4.85. The van der Waals surface area contributed by atoms with Gasteiger partial charge < -0.3 is 25.4 Å². The maximum Gasteiger partial charge on any atom is 0.290 e. The highest BCUT2D eigenvalue weighted by Crippen LogP contribution is 2.36. The molecular formula is C24H27FN6O3. The van der Waals surface area contributed by atoms with Crippen LogP contribution in [0.25, 0.3) is 0 Å². The number of fused-ring (bicyclic) bond motifs is 2. The predicted molar refractivity (Wildman–Crippen MR) is 127 cm³/mol. The average molecular weight is 467 g/mol. The lowest BCUT2D eigenvalue weighted by molar-refractivity contribution is -0.122. The van der Waals surface area contributed by atoms with E-state index in [1.165, 1.54) is 6.07 Å². The van der Waals surface area contributed by atoms with Gasteiger partial charge in [-0.05, 0) is 43.0 Å². The van der Waals surface area contributed by atoms with Gasteiger partial charge in [0.1, 0.15) is 18.1 Å². The molecule has 34 heavy (non-hydrogen) atoms. The third-order valence-electron chi connectivity index (χ3n) is 5.90. The quantitative estimate of drug-likeness (QED) is 0.496. The number of ether oxygens (including phenoxy) is 1. The first-order chi connectivity index (χ1) is 16.5. The Bertz CT molecular complexity index is 1190. The van der Waals surface area contributed by atoms with Crippen LogP contribution in [0.15, 0.2) is 30.6 Å². The number of anilines is 4. The van der Waals surface area contributed by atoms with Crippen LogP contribution >= 0.6 is 0 Å². The van der Waals surface area contributed by atoms with E-state index in [0.717, 1.165) is 47.7 Å². The Morgan fingerprint density at radius 3 is 2.91 bits per heavy atom. The normalized spacial score (nSPS) is 13.9. The van der Waals surface area contributed by atoms with Gasteiger partial charge in [0, 0.05) is 30.5 Å². The van der Waals surface area contributed by atoms with Crippen molar-refractivity contribution in [1.82, 2.24) is 15.0 Å². The second-order valence-electron chi connectivity index (χ2n) is 7.95. The lowest BCUT2D eigenvalue weighted by atomic mass is 10.0. The summed E-state index contributed by atoms with van der Waals surface area (Å²) in [6, 6.07) is 5.14. The van der Waals surface area contributed by atoms with Gasteiger partial charge in [-0.15, -0.1) is 0 Å². The van der Waals surface area contributed by atoms with Crippen LogP contribution in [0.1, 0.15) is 29.3 Å². The molecule has 178 valence electrons. The molecule has 0 saturated heterocycles. The zero-order valence-corrected chi connectivity index (χ0v) is 19.1. The Morgan fingerprint density at radius 2 is 2.15 bits per heavy atom. The number of nitrogens with zero attached hydrogens (tertiary/aromatic N) is 4. The number of aromatic nitrogens is 3. The van der Waals surface area contributed by atoms with Crippen molar-refractivity contribution in [3.8, 4) is 5.88 Å². The van der Waals surface area contributed by atoms with E-state index in [2.05, 4.69) is 32.4 Å². The van der Waals surface area contributed by atoms with Crippen LogP contribution in [0.4, 0.5) is 27.4 Å². The van der Waals surface area contributed by atoms with Gasteiger partial charge >= 0.3 is 0 Å². The molecule has 3 N–H and O–H groups in total. The Morgan fingerprint density at radius 1 is 1.32 bits per heavy atom. The number of pyridine rings is 1. The molecule has 2 aliphatic rings. The fourth-order valence-electron chi connectivity index (χ4n) is 4.14. The number of halogens is 1. The number of hydrogen-bond acceptors (Lipinski definition) is 8. The molecular weight excluding hydrogens is 439 g/mol. The Kier molecular flexibility index (Phi) is 7.05. The highest BCUT2D eigenvalue weighted by Gasteiger charge is 2.24. The predicted octanol–water partition coefficient (Wildman–Crippen LogP) is 3.69. The maximum atomic E-state index is 14.1. The number of aryl methyl sites for hydroxylation is 1. The minimum absolute atomic E-state index is 0.218. The summed E-state index contributed by atoms with van der Waals surface area (Å²) in [6.45, 7) is 6.73. The first-order valence-corrected chi connectivity index (χ1v) is 11.1. The van der Waals surface area contributed by atoms with Gasteiger partial charge in [0.25, 0.3) is 6.47 Å². The molecule has 0 atom stereocenters. The SMILES string of the molecule is CCc1ccc(Nc2ncc3c(n2)CN(c2cnc4c(c2C)NCCO4)CC3)cc1F.O=CO. The summed E-state index contributed by atoms with van der Waals surface area (Å²) in [4.78, 5) is 24.3. The summed E-state index contributed by atoms with van der Waals surface area (Å²) < 4.78 is 19.8. The fraction of sp³-hybridized carbons (Fsp3) is 0.333. The topological polar surface area (TPSA) is 113 Å².